The van der Waals surface area contributed by atoms with Gasteiger partial charge >= 0.3 is 0 Å². The zero-order valence-electron chi connectivity index (χ0n) is 12.1. The van der Waals surface area contributed by atoms with Gasteiger partial charge in [-0.15, -0.1) is 0 Å². The molecule has 1 aromatic rings. The van der Waals surface area contributed by atoms with Crippen LogP contribution >= 0.6 is 12.2 Å². The minimum Gasteiger partial charge on any atom is -0.376 e. The lowest BCUT2D eigenvalue weighted by Crippen LogP contribution is -2.31. The molecule has 3 N–H and O–H groups in total. The number of anilines is 1. The molecule has 0 aliphatic carbocycles. The Morgan fingerprint density at radius 1 is 1.33 bits per heavy atom. The van der Waals surface area contributed by atoms with Crippen molar-refractivity contribution < 1.29 is 9.53 Å². The highest BCUT2D eigenvalue weighted by molar-refractivity contribution is 7.80. The van der Waals surface area contributed by atoms with E-state index in [0.717, 1.165) is 31.7 Å². The monoisotopic (exact) mass is 307 g/mol. The van der Waals surface area contributed by atoms with E-state index in [2.05, 4.69) is 16.0 Å². The van der Waals surface area contributed by atoms with Crippen LogP contribution in [0.1, 0.15) is 30.1 Å². The fourth-order valence-electron chi connectivity index (χ4n) is 2.15. The summed E-state index contributed by atoms with van der Waals surface area (Å²) in [6.07, 6.45) is 2.25. The second-order valence-corrected chi connectivity index (χ2v) is 5.32. The summed E-state index contributed by atoms with van der Waals surface area (Å²) >= 11 is 5.11. The summed E-state index contributed by atoms with van der Waals surface area (Å²) in [5.41, 5.74) is 1.49. The molecule has 2 rings (SSSR count). The van der Waals surface area contributed by atoms with Gasteiger partial charge in [0.1, 0.15) is 0 Å². The van der Waals surface area contributed by atoms with Crippen LogP contribution in [0, 0.1) is 0 Å². The summed E-state index contributed by atoms with van der Waals surface area (Å²) < 4.78 is 5.48. The number of benzene rings is 1. The number of amides is 1. The molecule has 1 aromatic carbocycles. The third kappa shape index (κ3) is 4.99. The van der Waals surface area contributed by atoms with Crippen molar-refractivity contribution in [2.75, 3.05) is 25.0 Å². The van der Waals surface area contributed by atoms with Crippen LogP contribution in [-0.2, 0) is 4.74 Å². The third-order valence-electron chi connectivity index (χ3n) is 3.26. The largest absolute Gasteiger partial charge is 0.376 e. The first-order chi connectivity index (χ1) is 10.2. The van der Waals surface area contributed by atoms with E-state index in [1.807, 2.05) is 19.1 Å². The summed E-state index contributed by atoms with van der Waals surface area (Å²) in [5, 5.41) is 9.54. The number of ether oxygens (including phenoxy) is 1. The van der Waals surface area contributed by atoms with Crippen LogP contribution < -0.4 is 16.0 Å². The first kappa shape index (κ1) is 15.7. The highest BCUT2D eigenvalue weighted by Gasteiger charge is 2.16. The van der Waals surface area contributed by atoms with Gasteiger partial charge in [-0.25, -0.2) is 0 Å². The molecule has 0 radical (unpaired) electrons. The molecule has 1 saturated heterocycles. The van der Waals surface area contributed by atoms with Crippen molar-refractivity contribution >= 4 is 28.9 Å². The topological polar surface area (TPSA) is 62.4 Å². The Kier molecular flexibility index (Phi) is 5.95. The molecule has 114 valence electrons. The predicted octanol–water partition coefficient (Wildman–Crippen LogP) is 1.90. The van der Waals surface area contributed by atoms with Gasteiger partial charge in [-0.2, -0.15) is 0 Å². The molecule has 1 amide bonds. The molecule has 1 aliphatic heterocycles. The second kappa shape index (κ2) is 7.95. The zero-order chi connectivity index (χ0) is 15.1. The van der Waals surface area contributed by atoms with Gasteiger partial charge in [-0.05, 0) is 56.2 Å². The van der Waals surface area contributed by atoms with Crippen LogP contribution in [0.2, 0.25) is 0 Å². The number of hydrogen-bond acceptors (Lipinski definition) is 3. The van der Waals surface area contributed by atoms with Crippen molar-refractivity contribution in [1.29, 1.82) is 0 Å². The van der Waals surface area contributed by atoms with Gasteiger partial charge in [0.2, 0.25) is 0 Å². The molecule has 5 nitrogen and oxygen atoms in total. The van der Waals surface area contributed by atoms with Gasteiger partial charge in [-0.3, -0.25) is 4.79 Å². The van der Waals surface area contributed by atoms with Crippen LogP contribution in [0.5, 0.6) is 0 Å². The zero-order valence-corrected chi connectivity index (χ0v) is 13.0. The van der Waals surface area contributed by atoms with Crippen LogP contribution in [-0.4, -0.2) is 36.8 Å². The standard InChI is InChI=1S/C15H21N3O2S/c1-2-16-15(21)18-12-7-5-11(6-8-12)14(19)17-10-13-4-3-9-20-13/h5-8,13H,2-4,9-10H2,1H3,(H,17,19)(H2,16,18,21). The molecular weight excluding hydrogens is 286 g/mol. The summed E-state index contributed by atoms with van der Waals surface area (Å²) in [5.74, 6) is -0.0775. The first-order valence-corrected chi connectivity index (χ1v) is 7.64. The van der Waals surface area contributed by atoms with E-state index in [4.69, 9.17) is 17.0 Å². The highest BCUT2D eigenvalue weighted by atomic mass is 32.1. The number of thiocarbonyl (C=S) groups is 1. The van der Waals surface area contributed by atoms with Crippen molar-refractivity contribution in [3.8, 4) is 0 Å². The summed E-state index contributed by atoms with van der Waals surface area (Å²) in [7, 11) is 0. The molecule has 1 atom stereocenters. The highest BCUT2D eigenvalue weighted by Crippen LogP contribution is 2.12. The Bertz CT molecular complexity index is 484. The lowest BCUT2D eigenvalue weighted by atomic mass is 10.2. The van der Waals surface area contributed by atoms with Crippen molar-refractivity contribution in [1.82, 2.24) is 10.6 Å². The van der Waals surface area contributed by atoms with Gasteiger partial charge in [0, 0.05) is 30.9 Å². The van der Waals surface area contributed by atoms with Gasteiger partial charge in [0.15, 0.2) is 5.11 Å². The fourth-order valence-corrected chi connectivity index (χ4v) is 2.42. The number of hydrogen-bond donors (Lipinski definition) is 3. The van der Waals surface area contributed by atoms with E-state index < -0.39 is 0 Å². The smallest absolute Gasteiger partial charge is 0.251 e. The van der Waals surface area contributed by atoms with E-state index >= 15 is 0 Å². The fraction of sp³-hybridized carbons (Fsp3) is 0.467. The van der Waals surface area contributed by atoms with E-state index in [9.17, 15) is 4.79 Å². The average Bonchev–Trinajstić information content (AvgIpc) is 2.99. The van der Waals surface area contributed by atoms with Gasteiger partial charge in [-0.1, -0.05) is 0 Å². The minimum atomic E-state index is -0.0775. The molecule has 0 bridgehead atoms. The van der Waals surface area contributed by atoms with Crippen LogP contribution in [0.3, 0.4) is 0 Å². The maximum Gasteiger partial charge on any atom is 0.251 e. The van der Waals surface area contributed by atoms with Gasteiger partial charge < -0.3 is 20.7 Å². The van der Waals surface area contributed by atoms with Gasteiger partial charge in [0.05, 0.1) is 6.10 Å². The Hall–Kier alpha value is -1.66. The molecule has 1 heterocycles. The molecule has 1 unspecified atom stereocenters. The molecule has 21 heavy (non-hydrogen) atoms. The summed E-state index contributed by atoms with van der Waals surface area (Å²) in [6.45, 7) is 4.13. The average molecular weight is 307 g/mol. The van der Waals surface area contributed by atoms with E-state index in [0.29, 0.717) is 17.2 Å². The minimum absolute atomic E-state index is 0.0775. The Morgan fingerprint density at radius 3 is 2.71 bits per heavy atom. The second-order valence-electron chi connectivity index (χ2n) is 4.91. The number of carbonyl (C=O) groups is 1. The first-order valence-electron chi connectivity index (χ1n) is 7.23. The van der Waals surface area contributed by atoms with Crippen LogP contribution in [0.15, 0.2) is 24.3 Å². The Balaban J connectivity index is 1.82. The SMILES string of the molecule is CCNC(=S)Nc1ccc(C(=O)NCC2CCCO2)cc1. The molecule has 6 heteroatoms. The molecule has 1 aliphatic rings. The Morgan fingerprint density at radius 2 is 2.10 bits per heavy atom. The van der Waals surface area contributed by atoms with E-state index in [1.165, 1.54) is 0 Å². The van der Waals surface area contributed by atoms with Crippen molar-refractivity contribution in [2.45, 2.75) is 25.9 Å². The maximum atomic E-state index is 12.0. The maximum absolute atomic E-state index is 12.0. The third-order valence-corrected chi connectivity index (χ3v) is 3.50. The summed E-state index contributed by atoms with van der Waals surface area (Å²) in [6, 6.07) is 7.23. The number of nitrogens with one attached hydrogen (secondary N) is 3. The quantitative estimate of drug-likeness (QED) is 0.725. The van der Waals surface area contributed by atoms with Crippen molar-refractivity contribution in [3.63, 3.8) is 0 Å². The molecule has 0 spiro atoms. The van der Waals surface area contributed by atoms with Crippen molar-refractivity contribution in [2.24, 2.45) is 0 Å². The number of carbonyl (C=O) groups excluding carboxylic acids is 1. The normalized spacial score (nSPS) is 17.3. The number of rotatable bonds is 5. The molecule has 1 fully saturated rings. The van der Waals surface area contributed by atoms with E-state index in [1.54, 1.807) is 12.1 Å². The van der Waals surface area contributed by atoms with E-state index in [-0.39, 0.29) is 12.0 Å². The lowest BCUT2D eigenvalue weighted by Gasteiger charge is -2.12. The summed E-state index contributed by atoms with van der Waals surface area (Å²) in [4.78, 5) is 12.0. The van der Waals surface area contributed by atoms with Crippen LogP contribution in [0.4, 0.5) is 5.69 Å². The predicted molar refractivity (Wildman–Crippen MR) is 87.6 cm³/mol. The van der Waals surface area contributed by atoms with Gasteiger partial charge in [0.25, 0.3) is 5.91 Å². The lowest BCUT2D eigenvalue weighted by molar-refractivity contribution is 0.0858. The molecule has 0 aromatic heterocycles. The Labute approximate surface area is 130 Å². The molecular formula is C15H21N3O2S. The van der Waals surface area contributed by atoms with Crippen LogP contribution in [0.25, 0.3) is 0 Å². The van der Waals surface area contributed by atoms with Crippen molar-refractivity contribution in [3.05, 3.63) is 29.8 Å². The molecule has 0 saturated carbocycles.